The first kappa shape index (κ1) is 12.0. The van der Waals surface area contributed by atoms with E-state index < -0.39 is 0 Å². The lowest BCUT2D eigenvalue weighted by molar-refractivity contribution is 0.173. The number of hydrogen-bond donors (Lipinski definition) is 2. The van der Waals surface area contributed by atoms with Gasteiger partial charge in [-0.05, 0) is 18.9 Å². The summed E-state index contributed by atoms with van der Waals surface area (Å²) in [5.41, 5.74) is 6.56. The average molecular weight is 239 g/mol. The molecule has 94 valence electrons. The molecule has 0 saturated carbocycles. The zero-order chi connectivity index (χ0) is 12.1. The number of fused-ring (bicyclic) bond motifs is 1. The van der Waals surface area contributed by atoms with Crippen molar-refractivity contribution in [1.29, 1.82) is 0 Å². The first-order valence-electron chi connectivity index (χ1n) is 5.71. The van der Waals surface area contributed by atoms with Crippen molar-refractivity contribution in [1.82, 2.24) is 0 Å². The number of aliphatic hydroxyl groups is 1. The molecule has 0 bridgehead atoms. The van der Waals surface area contributed by atoms with E-state index in [-0.39, 0.29) is 13.4 Å². The van der Waals surface area contributed by atoms with Gasteiger partial charge >= 0.3 is 0 Å². The molecule has 0 radical (unpaired) electrons. The molecule has 0 amide bonds. The topological polar surface area (TPSA) is 73.9 Å². The zero-order valence-corrected chi connectivity index (χ0v) is 9.65. The van der Waals surface area contributed by atoms with Crippen molar-refractivity contribution < 1.29 is 19.3 Å². The molecule has 1 heterocycles. The van der Waals surface area contributed by atoms with Gasteiger partial charge < -0.3 is 25.1 Å². The predicted molar refractivity (Wildman–Crippen MR) is 62.3 cm³/mol. The van der Waals surface area contributed by atoms with E-state index in [1.807, 2.05) is 12.1 Å². The minimum absolute atomic E-state index is 0.189. The summed E-state index contributed by atoms with van der Waals surface area (Å²) in [5.74, 6) is 2.14. The molecule has 0 saturated heterocycles. The highest BCUT2D eigenvalue weighted by Crippen LogP contribution is 2.38. The second-order valence-electron chi connectivity index (χ2n) is 3.80. The fourth-order valence-corrected chi connectivity index (χ4v) is 1.66. The summed E-state index contributed by atoms with van der Waals surface area (Å²) in [7, 11) is 0. The smallest absolute Gasteiger partial charge is 0.231 e. The highest BCUT2D eigenvalue weighted by molar-refractivity contribution is 5.51. The number of ether oxygens (including phenoxy) is 3. The van der Waals surface area contributed by atoms with Gasteiger partial charge in [-0.1, -0.05) is 0 Å². The van der Waals surface area contributed by atoms with E-state index >= 15 is 0 Å². The van der Waals surface area contributed by atoms with Crippen LogP contribution in [0, 0.1) is 0 Å². The summed E-state index contributed by atoms with van der Waals surface area (Å²) >= 11 is 0. The standard InChI is InChI=1S/C12H17NO4/c13-7-9-5-11-12(17-8-16-11)6-10(9)15-4-2-1-3-14/h5-6,14H,1-4,7-8,13H2. The Kier molecular flexibility index (Phi) is 4.06. The van der Waals surface area contributed by atoms with Crippen LogP contribution in [0.5, 0.6) is 17.2 Å². The Morgan fingerprint density at radius 1 is 1.24 bits per heavy atom. The molecule has 17 heavy (non-hydrogen) atoms. The van der Waals surface area contributed by atoms with Gasteiger partial charge in [-0.2, -0.15) is 0 Å². The van der Waals surface area contributed by atoms with E-state index in [0.29, 0.717) is 24.7 Å². The van der Waals surface area contributed by atoms with Crippen LogP contribution in [0.4, 0.5) is 0 Å². The van der Waals surface area contributed by atoms with Crippen LogP contribution in [0.3, 0.4) is 0 Å². The first-order chi connectivity index (χ1) is 8.35. The van der Waals surface area contributed by atoms with E-state index in [4.69, 9.17) is 25.1 Å². The summed E-state index contributed by atoms with van der Waals surface area (Å²) in [6.07, 6.45) is 1.55. The number of nitrogens with two attached hydrogens (primary N) is 1. The van der Waals surface area contributed by atoms with Crippen molar-refractivity contribution in [3.8, 4) is 17.2 Å². The minimum atomic E-state index is 0.189. The van der Waals surface area contributed by atoms with Crippen LogP contribution in [-0.2, 0) is 6.54 Å². The monoisotopic (exact) mass is 239 g/mol. The summed E-state index contributed by atoms with van der Waals surface area (Å²) in [6.45, 7) is 1.39. The van der Waals surface area contributed by atoms with Gasteiger partial charge in [0.15, 0.2) is 11.5 Å². The lowest BCUT2D eigenvalue weighted by Crippen LogP contribution is -2.04. The summed E-state index contributed by atoms with van der Waals surface area (Å²) in [6, 6.07) is 3.66. The molecule has 0 aliphatic carbocycles. The van der Waals surface area contributed by atoms with Crippen LogP contribution in [0.25, 0.3) is 0 Å². The van der Waals surface area contributed by atoms with Gasteiger partial charge in [0.1, 0.15) is 5.75 Å². The first-order valence-corrected chi connectivity index (χ1v) is 5.71. The molecule has 1 aromatic carbocycles. The quantitative estimate of drug-likeness (QED) is 0.725. The maximum absolute atomic E-state index is 8.68. The van der Waals surface area contributed by atoms with Crippen molar-refractivity contribution in [3.63, 3.8) is 0 Å². The van der Waals surface area contributed by atoms with Crippen LogP contribution in [0.2, 0.25) is 0 Å². The van der Waals surface area contributed by atoms with Gasteiger partial charge in [-0.25, -0.2) is 0 Å². The lowest BCUT2D eigenvalue weighted by atomic mass is 10.1. The van der Waals surface area contributed by atoms with E-state index in [1.54, 1.807) is 0 Å². The molecule has 3 N–H and O–H groups in total. The molecule has 1 aromatic rings. The average Bonchev–Trinajstić information content (AvgIpc) is 2.80. The molecule has 0 fully saturated rings. The van der Waals surface area contributed by atoms with E-state index in [2.05, 4.69) is 0 Å². The highest BCUT2D eigenvalue weighted by atomic mass is 16.7. The predicted octanol–water partition coefficient (Wildman–Crippen LogP) is 1.03. The third kappa shape index (κ3) is 2.81. The number of unbranched alkanes of at least 4 members (excludes halogenated alkanes) is 1. The van der Waals surface area contributed by atoms with E-state index in [1.165, 1.54) is 0 Å². The van der Waals surface area contributed by atoms with Crippen molar-refractivity contribution in [2.45, 2.75) is 19.4 Å². The lowest BCUT2D eigenvalue weighted by Gasteiger charge is -2.11. The molecule has 1 aliphatic heterocycles. The highest BCUT2D eigenvalue weighted by Gasteiger charge is 2.17. The number of benzene rings is 1. The SMILES string of the molecule is NCc1cc2c(cc1OCCCCO)OCO2. The third-order valence-electron chi connectivity index (χ3n) is 2.59. The van der Waals surface area contributed by atoms with Gasteiger partial charge in [0.05, 0.1) is 6.61 Å². The molecule has 0 spiro atoms. The van der Waals surface area contributed by atoms with Gasteiger partial charge in [0.2, 0.25) is 6.79 Å². The van der Waals surface area contributed by atoms with Crippen LogP contribution < -0.4 is 19.9 Å². The molecule has 1 aliphatic rings. The molecule has 0 atom stereocenters. The third-order valence-corrected chi connectivity index (χ3v) is 2.59. The summed E-state index contributed by atoms with van der Waals surface area (Å²) in [4.78, 5) is 0. The summed E-state index contributed by atoms with van der Waals surface area (Å²) in [5, 5.41) is 8.68. The Labute approximate surface area is 100 Å². The van der Waals surface area contributed by atoms with Gasteiger partial charge in [0, 0.05) is 24.8 Å². The molecular weight excluding hydrogens is 222 g/mol. The van der Waals surface area contributed by atoms with Crippen LogP contribution in [-0.4, -0.2) is 25.1 Å². The zero-order valence-electron chi connectivity index (χ0n) is 9.65. The molecule has 5 heteroatoms. The Balaban J connectivity index is 2.04. The number of hydrogen-bond acceptors (Lipinski definition) is 5. The Morgan fingerprint density at radius 3 is 2.71 bits per heavy atom. The molecule has 2 rings (SSSR count). The Morgan fingerprint density at radius 2 is 2.00 bits per heavy atom. The molecular formula is C12H17NO4. The van der Waals surface area contributed by atoms with Gasteiger partial charge in [-0.15, -0.1) is 0 Å². The molecule has 0 aromatic heterocycles. The van der Waals surface area contributed by atoms with Crippen LogP contribution in [0.1, 0.15) is 18.4 Å². The second kappa shape index (κ2) is 5.75. The molecule has 0 unspecified atom stereocenters. The van der Waals surface area contributed by atoms with Gasteiger partial charge in [0.25, 0.3) is 0 Å². The van der Waals surface area contributed by atoms with Crippen molar-refractivity contribution in [2.24, 2.45) is 5.73 Å². The van der Waals surface area contributed by atoms with Crippen molar-refractivity contribution in [2.75, 3.05) is 20.0 Å². The fraction of sp³-hybridized carbons (Fsp3) is 0.500. The van der Waals surface area contributed by atoms with Gasteiger partial charge in [-0.3, -0.25) is 0 Å². The Bertz CT molecular complexity index is 381. The Hall–Kier alpha value is -1.46. The number of aliphatic hydroxyl groups excluding tert-OH is 1. The van der Waals surface area contributed by atoms with E-state index in [0.717, 1.165) is 24.2 Å². The maximum Gasteiger partial charge on any atom is 0.231 e. The van der Waals surface area contributed by atoms with Crippen molar-refractivity contribution >= 4 is 0 Å². The second-order valence-corrected chi connectivity index (χ2v) is 3.80. The minimum Gasteiger partial charge on any atom is -0.493 e. The number of rotatable bonds is 6. The molecule has 5 nitrogen and oxygen atoms in total. The van der Waals surface area contributed by atoms with Crippen LogP contribution >= 0.6 is 0 Å². The van der Waals surface area contributed by atoms with Crippen molar-refractivity contribution in [3.05, 3.63) is 17.7 Å². The normalized spacial score (nSPS) is 12.8. The summed E-state index contributed by atoms with van der Waals surface area (Å²) < 4.78 is 16.2. The van der Waals surface area contributed by atoms with E-state index in [9.17, 15) is 0 Å². The largest absolute Gasteiger partial charge is 0.493 e. The van der Waals surface area contributed by atoms with Crippen LogP contribution in [0.15, 0.2) is 12.1 Å². The fourth-order valence-electron chi connectivity index (χ4n) is 1.66. The maximum atomic E-state index is 8.68.